The number of ether oxygens (including phenoxy) is 5. The normalized spacial score (nSPS) is 18.7. The minimum Gasteiger partial charge on any atom is -0.497 e. The van der Waals surface area contributed by atoms with E-state index in [4.69, 9.17) is 50.0 Å². The van der Waals surface area contributed by atoms with E-state index >= 15 is 0 Å². The lowest BCUT2D eigenvalue weighted by Gasteiger charge is -2.41. The molecule has 16 rings (SSSR count). The van der Waals surface area contributed by atoms with Gasteiger partial charge in [0.25, 0.3) is 22.8 Å². The molecule has 0 amide bonds. The second-order valence-electron chi connectivity index (χ2n) is 34.7. The number of benzene rings is 8. The van der Waals surface area contributed by atoms with Crippen LogP contribution in [-0.2, 0) is 18.9 Å². The van der Waals surface area contributed by atoms with E-state index in [1.54, 1.807) is 7.11 Å². The molecule has 4 saturated carbocycles. The molecule has 4 heterocycles. The summed E-state index contributed by atoms with van der Waals surface area (Å²) in [6, 6.07) is 80.8. The van der Waals surface area contributed by atoms with Crippen LogP contribution >= 0.6 is 0 Å². The van der Waals surface area contributed by atoms with Crippen molar-refractivity contribution in [2.24, 2.45) is 0 Å². The Kier molecular flexibility index (Phi) is 33.0. The number of nitrogens with zero attached hydrogens (tertiary/aromatic N) is 12. The first-order valence-electron chi connectivity index (χ1n) is 46.1. The van der Waals surface area contributed by atoms with Crippen LogP contribution in [0.3, 0.4) is 0 Å². The molecule has 8 aromatic rings. The summed E-state index contributed by atoms with van der Waals surface area (Å²) in [6.45, 7) is 35.8. The van der Waals surface area contributed by atoms with E-state index in [9.17, 15) is 21.0 Å². The molecule has 0 N–H and O–H groups in total. The molecular weight excluding hydrogens is 1630 g/mol. The smallest absolute Gasteiger partial charge is 0.265 e. The summed E-state index contributed by atoms with van der Waals surface area (Å²) in [6.07, 6.45) is 47.7. The molecule has 8 aliphatic rings. The van der Waals surface area contributed by atoms with Gasteiger partial charge in [-0.25, -0.2) is 40.4 Å². The highest BCUT2D eigenvalue weighted by atomic mass is 16.5. The Balaban J connectivity index is 0.000000150. The molecule has 4 aliphatic heterocycles. The van der Waals surface area contributed by atoms with Crippen molar-refractivity contribution in [1.82, 2.24) is 0 Å². The van der Waals surface area contributed by atoms with Gasteiger partial charge in [-0.1, -0.05) is 153 Å². The summed E-state index contributed by atoms with van der Waals surface area (Å²) in [7, 11) is 5.76. The molecule has 4 fully saturated rings. The zero-order chi connectivity index (χ0) is 92.6. The molecule has 0 saturated heterocycles. The maximum atomic E-state index is 9.48. The van der Waals surface area contributed by atoms with Gasteiger partial charge in [0.1, 0.15) is 51.2 Å². The number of para-hydroxylation sites is 3. The zero-order valence-electron chi connectivity index (χ0n) is 76.4. The summed E-state index contributed by atoms with van der Waals surface area (Å²) in [5.41, 5.74) is 16.0. The highest BCUT2D eigenvalue weighted by Crippen LogP contribution is 2.48. The highest BCUT2D eigenvalue weighted by Gasteiger charge is 2.42. The zero-order valence-corrected chi connectivity index (χ0v) is 76.4. The van der Waals surface area contributed by atoms with Gasteiger partial charge in [0, 0.05) is 98.4 Å². The lowest BCUT2D eigenvalue weighted by molar-refractivity contribution is -0.0288. The highest BCUT2D eigenvalue weighted by molar-refractivity contribution is 5.77. The van der Waals surface area contributed by atoms with Crippen molar-refractivity contribution in [3.63, 3.8) is 0 Å². The third-order valence-electron chi connectivity index (χ3n) is 25.9. The molecule has 0 unspecified atom stereocenters. The predicted molar refractivity (Wildman–Crippen MR) is 531 cm³/mol. The second kappa shape index (κ2) is 46.1. The first kappa shape index (κ1) is 94.4. The topological polar surface area (TPSA) is 172 Å². The molecule has 0 bridgehead atoms. The van der Waals surface area contributed by atoms with Crippen LogP contribution < -0.4 is 24.3 Å². The molecule has 4 spiro atoms. The number of anilines is 8. The predicted octanol–water partition coefficient (Wildman–Crippen LogP) is 29.5. The molecule has 17 nitrogen and oxygen atoms in total. The maximum Gasteiger partial charge on any atom is 0.265 e. The molecular formula is C115H114N12O5. The fourth-order valence-electron chi connectivity index (χ4n) is 18.9. The Labute approximate surface area is 781 Å². The molecule has 0 radical (unpaired) electrons. The Hall–Kier alpha value is -15.2. The Morgan fingerprint density at radius 1 is 0.318 bits per heavy atom. The summed E-state index contributed by atoms with van der Waals surface area (Å²) >= 11 is 0. The average molecular weight is 1740 g/mol. The lowest BCUT2D eigenvalue weighted by atomic mass is 9.78. The first-order valence-corrected chi connectivity index (χ1v) is 46.1. The molecule has 664 valence electrons. The fourth-order valence-corrected chi connectivity index (χ4v) is 18.9. The van der Waals surface area contributed by atoms with Crippen molar-refractivity contribution in [3.05, 3.63) is 397 Å². The third-order valence-corrected chi connectivity index (χ3v) is 25.9. The molecule has 0 aromatic heterocycles. The van der Waals surface area contributed by atoms with Crippen LogP contribution in [-0.4, -0.2) is 56.7 Å². The van der Waals surface area contributed by atoms with Crippen molar-refractivity contribution < 1.29 is 23.7 Å². The number of rotatable bonds is 19. The van der Waals surface area contributed by atoms with E-state index in [1.807, 2.05) is 159 Å². The summed E-state index contributed by atoms with van der Waals surface area (Å²) < 4.78 is 31.1. The number of hydrogen-bond acceptors (Lipinski definition) is 13. The van der Waals surface area contributed by atoms with Gasteiger partial charge in [-0.15, -0.1) is 0 Å². The van der Waals surface area contributed by atoms with Crippen molar-refractivity contribution in [2.45, 2.75) is 190 Å². The van der Waals surface area contributed by atoms with Crippen molar-refractivity contribution in [2.75, 3.05) is 53.9 Å². The van der Waals surface area contributed by atoms with Gasteiger partial charge < -0.3 is 43.3 Å². The second-order valence-corrected chi connectivity index (χ2v) is 34.7. The van der Waals surface area contributed by atoms with Gasteiger partial charge in [-0.3, -0.25) is 0 Å². The van der Waals surface area contributed by atoms with Crippen LogP contribution in [0.15, 0.2) is 329 Å². The Bertz CT molecular complexity index is 5980. The maximum absolute atomic E-state index is 9.48. The van der Waals surface area contributed by atoms with E-state index < -0.39 is 0 Å². The van der Waals surface area contributed by atoms with Crippen LogP contribution in [0.4, 0.5) is 45.5 Å². The van der Waals surface area contributed by atoms with Crippen molar-refractivity contribution in [1.29, 1.82) is 21.0 Å². The van der Waals surface area contributed by atoms with E-state index in [0.29, 0.717) is 25.7 Å². The summed E-state index contributed by atoms with van der Waals surface area (Å²) in [5, 5.41) is 37.7. The Morgan fingerprint density at radius 2 is 0.545 bits per heavy atom. The molecule has 4 aliphatic carbocycles. The number of hydrogen-bond donors (Lipinski definition) is 0. The quantitative estimate of drug-likeness (QED) is 0.0554. The Morgan fingerprint density at radius 3 is 0.788 bits per heavy atom. The van der Waals surface area contributed by atoms with Crippen LogP contribution in [0.1, 0.15) is 190 Å². The van der Waals surface area contributed by atoms with Gasteiger partial charge >= 0.3 is 0 Å². The number of nitriles is 4. The molecule has 8 aromatic carbocycles. The minimum atomic E-state index is -0.301. The van der Waals surface area contributed by atoms with Crippen molar-refractivity contribution >= 4 is 69.8 Å². The van der Waals surface area contributed by atoms with Crippen molar-refractivity contribution in [3.8, 4) is 30.0 Å². The summed E-state index contributed by atoms with van der Waals surface area (Å²) in [4.78, 5) is 22.7. The lowest BCUT2D eigenvalue weighted by Crippen LogP contribution is -2.37. The first-order chi connectivity index (χ1) is 64.5. The largest absolute Gasteiger partial charge is 0.497 e. The van der Waals surface area contributed by atoms with Crippen LogP contribution in [0.25, 0.3) is 43.7 Å². The average Bonchev–Trinajstić information content (AvgIpc) is 0.802. The van der Waals surface area contributed by atoms with E-state index in [0.717, 1.165) is 229 Å². The number of methoxy groups -OCH3 is 1. The van der Waals surface area contributed by atoms with E-state index in [-0.39, 0.29) is 45.2 Å². The molecule has 132 heavy (non-hydrogen) atoms. The van der Waals surface area contributed by atoms with Gasteiger partial charge in [0.05, 0.1) is 57.7 Å². The third kappa shape index (κ3) is 24.8. The standard InChI is InChI=1S/C33H29N3O.C29H29N3O2.C28H27N3O.C25H29N3O/c1-35-32(25-34)27-23-31(37-33(24-27)21-9-4-10-22-33)20-17-26-15-18-30(19-16-26)36(28-11-5-2-6-12-28)29-13-7-3-8-14-29;1-31-28(21-30)23-19-27(34-29(20-23)17-5-4-6-18-29)14-9-22-7-10-24(11-8-22)32(2)25-12-15-26(33-3)16-13-25;1-30-27(21-29)23-19-26(32-28(20-23)17-7-4-8-18-28)16-13-22-11-14-25(15-12-22)31(2)24-9-5-3-6-10-24;1-4-28(5-2)22-12-9-20(10-13-22)11-14-23-17-21(24(19-26)27-3)18-25(29-23)15-7-6-8-16-25/h2-3,5-8,11-20,23H,4,9-10,21-22,24H2;7-16,19H,4-6,17-18,20H2,2-3H3;3,5-6,9-16,19H,4,7-8,17-18,20H2,2H3;9-14,17H,4-8,15-16,18H2,1-2H3/b20-17+,32-27+;14-9+,28-23+;16-13+,27-23+;14-11+,24-21-. The summed E-state index contributed by atoms with van der Waals surface area (Å²) in [5.74, 6) is 3.76. The monoisotopic (exact) mass is 1740 g/mol. The van der Waals surface area contributed by atoms with Gasteiger partial charge in [0.2, 0.25) is 0 Å². The van der Waals surface area contributed by atoms with Gasteiger partial charge in [-0.05, 0) is 319 Å². The number of allylic oxidation sites excluding steroid dienone is 12. The van der Waals surface area contributed by atoms with E-state index in [1.165, 1.54) is 31.4 Å². The van der Waals surface area contributed by atoms with Gasteiger partial charge in [0.15, 0.2) is 0 Å². The van der Waals surface area contributed by atoms with Crippen LogP contribution in [0.5, 0.6) is 5.75 Å². The van der Waals surface area contributed by atoms with Crippen LogP contribution in [0.2, 0.25) is 0 Å². The van der Waals surface area contributed by atoms with E-state index in [2.05, 4.69) is 218 Å². The van der Waals surface area contributed by atoms with Crippen LogP contribution in [0, 0.1) is 71.6 Å². The minimum absolute atomic E-state index is 0.171. The molecule has 0 atom stereocenters. The van der Waals surface area contributed by atoms with Gasteiger partial charge in [-0.2, -0.15) is 0 Å². The fraction of sp³-hybridized carbons (Fsp3) is 0.304. The SMILES string of the molecule is [C-]#[N+]/C(C#N)=C1C=C(/C=C/c2ccc(N(C)c3ccc(OC)cc3)cc2)OC2(CCCCC2)C\1.[C-]#[N+]/C(C#N)=C1C=C(/C=C/c2ccc(N(C)c3ccccc3)cc2)OC2(CCCCC2)C\1.[C-]#[N+]/C(C#N)=C1C=C(/C=C/c2ccc(N(CC)CC)cc2)OC2(CCCCC2)C/1.[C-]#[N+]/C(C#N)=C1C=C(/C=C/c2ccc(N(c3ccccc3)c3ccccc3)cc2)OC2(CCCCC2)C\1. The molecule has 17 heteroatoms.